The molecule has 2 N–H and O–H groups in total. The molecule has 0 aliphatic carbocycles. The Bertz CT molecular complexity index is 386. The van der Waals surface area contributed by atoms with Crippen molar-refractivity contribution in [2.24, 2.45) is 0 Å². The lowest BCUT2D eigenvalue weighted by Crippen LogP contribution is -2.13. The number of rotatable bonds is 16. The lowest BCUT2D eigenvalue weighted by Gasteiger charge is -2.08. The lowest BCUT2D eigenvalue weighted by atomic mass is 10.3. The van der Waals surface area contributed by atoms with Gasteiger partial charge in [-0.15, -0.1) is 0 Å². The second-order valence-electron chi connectivity index (χ2n) is 5.22. The van der Waals surface area contributed by atoms with E-state index in [0.717, 1.165) is 30.9 Å². The van der Waals surface area contributed by atoms with Gasteiger partial charge in [0.15, 0.2) is 0 Å². The van der Waals surface area contributed by atoms with Crippen LogP contribution in [-0.2, 0) is 18.9 Å². The van der Waals surface area contributed by atoms with Gasteiger partial charge in [-0.2, -0.15) is 0 Å². The van der Waals surface area contributed by atoms with Crippen molar-refractivity contribution in [3.63, 3.8) is 0 Å². The van der Waals surface area contributed by atoms with Gasteiger partial charge in [0, 0.05) is 12.3 Å². The van der Waals surface area contributed by atoms with Crippen LogP contribution in [0.2, 0.25) is 0 Å². The zero-order valence-corrected chi connectivity index (χ0v) is 14.7. The first-order chi connectivity index (χ1) is 11.8. The van der Waals surface area contributed by atoms with Crippen LogP contribution in [0.3, 0.4) is 0 Å². The monoisotopic (exact) mass is 341 g/mol. The third kappa shape index (κ3) is 12.1. The van der Waals surface area contributed by atoms with Gasteiger partial charge in [-0.3, -0.25) is 0 Å². The summed E-state index contributed by atoms with van der Waals surface area (Å²) in [4.78, 5) is 0. The molecule has 0 spiro atoms. The Morgan fingerprint density at radius 3 is 1.62 bits per heavy atom. The molecule has 0 aliphatic rings. The number of hydrogen-bond donors (Lipinski definition) is 1. The van der Waals surface area contributed by atoms with Gasteiger partial charge in [0.1, 0.15) is 12.4 Å². The van der Waals surface area contributed by atoms with Crippen LogP contribution in [-0.4, -0.2) is 59.5 Å². The fraction of sp³-hybridized carbons (Fsp3) is 0.667. The van der Waals surface area contributed by atoms with Gasteiger partial charge in [0.2, 0.25) is 0 Å². The fourth-order valence-corrected chi connectivity index (χ4v) is 1.79. The Balaban J connectivity index is 1.75. The van der Waals surface area contributed by atoms with E-state index in [2.05, 4.69) is 6.92 Å². The van der Waals surface area contributed by atoms with Crippen molar-refractivity contribution >= 4 is 5.69 Å². The van der Waals surface area contributed by atoms with Crippen LogP contribution >= 0.6 is 0 Å². The smallest absolute Gasteiger partial charge is 0.119 e. The summed E-state index contributed by atoms with van der Waals surface area (Å²) in [7, 11) is 0. The molecule has 1 aromatic carbocycles. The Morgan fingerprint density at radius 1 is 0.667 bits per heavy atom. The highest BCUT2D eigenvalue weighted by Gasteiger charge is 1.95. The van der Waals surface area contributed by atoms with Gasteiger partial charge < -0.3 is 29.4 Å². The van der Waals surface area contributed by atoms with E-state index in [1.807, 2.05) is 24.3 Å². The van der Waals surface area contributed by atoms with Crippen LogP contribution in [0.1, 0.15) is 19.8 Å². The SMILES string of the molecule is CCCCOCCOCCOCCOCCOc1ccc(N)cc1. The third-order valence-corrected chi connectivity index (χ3v) is 3.13. The maximum absolute atomic E-state index is 5.60. The highest BCUT2D eigenvalue weighted by Crippen LogP contribution is 2.12. The summed E-state index contributed by atoms with van der Waals surface area (Å²) in [5, 5.41) is 0. The van der Waals surface area contributed by atoms with Gasteiger partial charge in [0.25, 0.3) is 0 Å². The van der Waals surface area contributed by atoms with E-state index in [4.69, 9.17) is 29.4 Å². The number of hydrogen-bond acceptors (Lipinski definition) is 6. The molecule has 6 nitrogen and oxygen atoms in total. The van der Waals surface area contributed by atoms with Crippen LogP contribution < -0.4 is 10.5 Å². The summed E-state index contributed by atoms with van der Waals surface area (Å²) >= 11 is 0. The zero-order valence-electron chi connectivity index (χ0n) is 14.7. The number of unbranched alkanes of at least 4 members (excludes halogenated alkanes) is 1. The minimum absolute atomic E-state index is 0.505. The highest BCUT2D eigenvalue weighted by molar-refractivity contribution is 5.41. The topological polar surface area (TPSA) is 72.2 Å². The molecule has 0 saturated heterocycles. The summed E-state index contributed by atoms with van der Waals surface area (Å²) in [6.45, 7) is 7.51. The van der Waals surface area contributed by atoms with Crippen LogP contribution in [0.15, 0.2) is 24.3 Å². The van der Waals surface area contributed by atoms with E-state index in [1.165, 1.54) is 0 Å². The molecule has 24 heavy (non-hydrogen) atoms. The molecule has 138 valence electrons. The standard InChI is InChI=1S/C18H31NO5/c1-2-3-8-20-9-10-21-11-12-22-13-14-23-15-16-24-18-6-4-17(19)5-7-18/h4-7H,2-3,8-16,19H2,1H3. The first kappa shape index (κ1) is 20.7. The summed E-state index contributed by atoms with van der Waals surface area (Å²) in [5.74, 6) is 0.792. The van der Waals surface area contributed by atoms with E-state index in [0.29, 0.717) is 52.9 Å². The average Bonchev–Trinajstić information content (AvgIpc) is 2.60. The molecule has 1 rings (SSSR count). The van der Waals surface area contributed by atoms with Crippen molar-refractivity contribution in [2.75, 3.05) is 65.2 Å². The quantitative estimate of drug-likeness (QED) is 0.368. The van der Waals surface area contributed by atoms with Gasteiger partial charge in [-0.1, -0.05) is 13.3 Å². The van der Waals surface area contributed by atoms with Crippen LogP contribution in [0.4, 0.5) is 5.69 Å². The Kier molecular flexibility index (Phi) is 13.1. The van der Waals surface area contributed by atoms with E-state index in [9.17, 15) is 0 Å². The number of benzene rings is 1. The van der Waals surface area contributed by atoms with E-state index < -0.39 is 0 Å². The zero-order chi connectivity index (χ0) is 17.3. The van der Waals surface area contributed by atoms with Crippen molar-refractivity contribution in [2.45, 2.75) is 19.8 Å². The molecule has 0 atom stereocenters. The molecule has 0 saturated carbocycles. The average molecular weight is 341 g/mol. The second-order valence-corrected chi connectivity index (χ2v) is 5.22. The summed E-state index contributed by atoms with van der Waals surface area (Å²) in [6.07, 6.45) is 2.26. The predicted molar refractivity (Wildman–Crippen MR) is 94.5 cm³/mol. The summed E-state index contributed by atoms with van der Waals surface area (Å²) in [5.41, 5.74) is 6.33. The maximum atomic E-state index is 5.60. The molecule has 0 bridgehead atoms. The molecule has 0 radical (unpaired) electrons. The molecule has 0 heterocycles. The van der Waals surface area contributed by atoms with Crippen LogP contribution in [0.5, 0.6) is 5.75 Å². The number of nitrogen functional groups attached to an aromatic ring is 1. The largest absolute Gasteiger partial charge is 0.491 e. The summed E-state index contributed by atoms with van der Waals surface area (Å²) < 4.78 is 27.1. The molecule has 0 fully saturated rings. The van der Waals surface area contributed by atoms with E-state index in [1.54, 1.807) is 0 Å². The normalized spacial score (nSPS) is 10.9. The molecule has 0 aromatic heterocycles. The summed E-state index contributed by atoms with van der Waals surface area (Å²) in [6, 6.07) is 7.30. The molecule has 1 aromatic rings. The van der Waals surface area contributed by atoms with Gasteiger partial charge in [-0.05, 0) is 30.7 Å². The Morgan fingerprint density at radius 2 is 1.12 bits per heavy atom. The number of nitrogens with two attached hydrogens (primary N) is 1. The molecular formula is C18H31NO5. The maximum Gasteiger partial charge on any atom is 0.119 e. The van der Waals surface area contributed by atoms with Crippen molar-refractivity contribution in [3.05, 3.63) is 24.3 Å². The lowest BCUT2D eigenvalue weighted by molar-refractivity contribution is -0.00478. The Labute approximate surface area is 145 Å². The van der Waals surface area contributed by atoms with E-state index in [-0.39, 0.29) is 0 Å². The fourth-order valence-electron chi connectivity index (χ4n) is 1.79. The Hall–Kier alpha value is -1.34. The van der Waals surface area contributed by atoms with Gasteiger partial charge >= 0.3 is 0 Å². The van der Waals surface area contributed by atoms with Gasteiger partial charge in [0.05, 0.1) is 46.2 Å². The molecule has 6 heteroatoms. The molecule has 0 unspecified atom stereocenters. The minimum atomic E-state index is 0.505. The van der Waals surface area contributed by atoms with E-state index >= 15 is 0 Å². The molecule has 0 aliphatic heterocycles. The van der Waals surface area contributed by atoms with Crippen LogP contribution in [0, 0.1) is 0 Å². The van der Waals surface area contributed by atoms with Gasteiger partial charge in [-0.25, -0.2) is 0 Å². The molecular weight excluding hydrogens is 310 g/mol. The predicted octanol–water partition coefficient (Wildman–Crippen LogP) is 2.51. The van der Waals surface area contributed by atoms with Crippen molar-refractivity contribution in [3.8, 4) is 5.75 Å². The van der Waals surface area contributed by atoms with Crippen molar-refractivity contribution < 1.29 is 23.7 Å². The third-order valence-electron chi connectivity index (χ3n) is 3.13. The second kappa shape index (κ2) is 15.2. The molecule has 0 amide bonds. The number of anilines is 1. The first-order valence-corrected chi connectivity index (χ1v) is 8.62. The number of ether oxygens (including phenoxy) is 5. The van der Waals surface area contributed by atoms with Crippen LogP contribution in [0.25, 0.3) is 0 Å². The minimum Gasteiger partial charge on any atom is -0.491 e. The first-order valence-electron chi connectivity index (χ1n) is 8.62. The van der Waals surface area contributed by atoms with Crippen molar-refractivity contribution in [1.29, 1.82) is 0 Å². The highest BCUT2D eigenvalue weighted by atomic mass is 16.6. The van der Waals surface area contributed by atoms with Crippen molar-refractivity contribution in [1.82, 2.24) is 0 Å².